The first-order chi connectivity index (χ1) is 13.3. The van der Waals surface area contributed by atoms with Crippen LogP contribution in [0.2, 0.25) is 5.02 Å². The van der Waals surface area contributed by atoms with Crippen LogP contribution in [-0.4, -0.2) is 20.9 Å². The second-order valence-electron chi connectivity index (χ2n) is 6.88. The van der Waals surface area contributed by atoms with E-state index in [1.165, 1.54) is 18.2 Å². The molecule has 0 bridgehead atoms. The number of carbonyl (C=O) groups is 1. The molecule has 158 valence electrons. The Morgan fingerprint density at radius 3 is 2.38 bits per heavy atom. The molecule has 0 saturated carbocycles. The Kier molecular flexibility index (Phi) is 6.85. The Morgan fingerprint density at radius 2 is 1.79 bits per heavy atom. The molecule has 5 nitrogen and oxygen atoms in total. The number of halogens is 4. The third kappa shape index (κ3) is 5.86. The number of sulfonamides is 1. The van der Waals surface area contributed by atoms with Gasteiger partial charge in [-0.25, -0.2) is 8.42 Å². The number of amides is 1. The van der Waals surface area contributed by atoms with Gasteiger partial charge in [-0.05, 0) is 48.7 Å². The zero-order chi connectivity index (χ0) is 22.0. The average molecular weight is 449 g/mol. The normalized spacial score (nSPS) is 12.1. The number of benzene rings is 2. The third-order valence-corrected chi connectivity index (χ3v) is 5.67. The van der Waals surface area contributed by atoms with Crippen molar-refractivity contribution >= 4 is 33.2 Å². The maximum atomic E-state index is 13.0. The Bertz CT molecular complexity index is 1020. The fourth-order valence-corrected chi connectivity index (χ4v) is 3.73. The maximum Gasteiger partial charge on any atom is 0.417 e. The lowest BCUT2D eigenvalue weighted by Crippen LogP contribution is -2.28. The fraction of sp³-hybridized carbons (Fsp3) is 0.316. The topological polar surface area (TPSA) is 75.3 Å². The Labute approximate surface area is 172 Å². The van der Waals surface area contributed by atoms with Gasteiger partial charge in [0.05, 0.1) is 15.5 Å². The largest absolute Gasteiger partial charge is 0.417 e. The molecule has 0 radical (unpaired) electrons. The fourth-order valence-electron chi connectivity index (χ4n) is 2.43. The van der Waals surface area contributed by atoms with E-state index in [2.05, 4.69) is 10.0 Å². The van der Waals surface area contributed by atoms with E-state index in [1.54, 1.807) is 6.92 Å². The molecule has 0 unspecified atom stereocenters. The second-order valence-corrected chi connectivity index (χ2v) is 8.97. The van der Waals surface area contributed by atoms with Crippen LogP contribution >= 0.6 is 11.6 Å². The predicted molar refractivity (Wildman–Crippen MR) is 106 cm³/mol. The molecule has 10 heteroatoms. The first-order valence-electron chi connectivity index (χ1n) is 8.59. The van der Waals surface area contributed by atoms with E-state index >= 15 is 0 Å². The highest BCUT2D eigenvalue weighted by atomic mass is 35.5. The zero-order valence-corrected chi connectivity index (χ0v) is 17.5. The Morgan fingerprint density at radius 1 is 1.14 bits per heavy atom. The second kappa shape index (κ2) is 8.62. The van der Waals surface area contributed by atoms with Gasteiger partial charge in [0.15, 0.2) is 0 Å². The van der Waals surface area contributed by atoms with Crippen LogP contribution in [0.4, 0.5) is 18.9 Å². The molecule has 2 N–H and O–H groups in total. The van der Waals surface area contributed by atoms with E-state index in [4.69, 9.17) is 11.6 Å². The van der Waals surface area contributed by atoms with Crippen molar-refractivity contribution in [3.63, 3.8) is 0 Å². The predicted octanol–water partition coefficient (Wildman–Crippen LogP) is 4.85. The highest BCUT2D eigenvalue weighted by Gasteiger charge is 2.33. The molecule has 2 rings (SSSR count). The highest BCUT2D eigenvalue weighted by Crippen LogP contribution is 2.36. The van der Waals surface area contributed by atoms with Gasteiger partial charge in [-0.1, -0.05) is 31.5 Å². The number of hydrogen-bond acceptors (Lipinski definition) is 3. The number of hydrogen-bond donors (Lipinski definition) is 2. The Balaban J connectivity index is 2.35. The molecule has 0 aliphatic heterocycles. The van der Waals surface area contributed by atoms with Gasteiger partial charge in [0, 0.05) is 17.8 Å². The molecule has 2 aromatic rings. The summed E-state index contributed by atoms with van der Waals surface area (Å²) in [6.45, 7) is 5.90. The number of alkyl halides is 3. The smallest absolute Gasteiger partial charge is 0.352 e. The van der Waals surface area contributed by atoms with Crippen LogP contribution in [-0.2, 0) is 16.2 Å². The molecule has 0 spiro atoms. The van der Waals surface area contributed by atoms with Gasteiger partial charge >= 0.3 is 6.18 Å². The van der Waals surface area contributed by atoms with E-state index < -0.39 is 32.7 Å². The molecular weight excluding hydrogens is 429 g/mol. The van der Waals surface area contributed by atoms with Crippen LogP contribution in [0, 0.1) is 12.8 Å². The summed E-state index contributed by atoms with van der Waals surface area (Å²) < 4.78 is 66.4. The first kappa shape index (κ1) is 23.0. The van der Waals surface area contributed by atoms with Gasteiger partial charge in [0.2, 0.25) is 0 Å². The molecule has 0 aromatic heterocycles. The number of aryl methyl sites for hydroxylation is 1. The van der Waals surface area contributed by atoms with Crippen molar-refractivity contribution in [3.05, 3.63) is 58.1 Å². The van der Waals surface area contributed by atoms with Crippen molar-refractivity contribution < 1.29 is 26.4 Å². The summed E-state index contributed by atoms with van der Waals surface area (Å²) >= 11 is 5.55. The summed E-state index contributed by atoms with van der Waals surface area (Å²) in [6.07, 6.45) is -4.73. The molecule has 0 aliphatic carbocycles. The minimum absolute atomic E-state index is 0.167. The number of anilines is 1. The maximum absolute atomic E-state index is 13.0. The zero-order valence-electron chi connectivity index (χ0n) is 15.9. The van der Waals surface area contributed by atoms with E-state index in [0.29, 0.717) is 18.2 Å². The van der Waals surface area contributed by atoms with Crippen molar-refractivity contribution in [2.24, 2.45) is 5.92 Å². The number of carbonyl (C=O) groups excluding carboxylic acids is 1. The number of nitrogens with one attached hydrogen (secondary N) is 2. The van der Waals surface area contributed by atoms with Crippen molar-refractivity contribution in [2.45, 2.75) is 31.8 Å². The van der Waals surface area contributed by atoms with Crippen LogP contribution < -0.4 is 10.0 Å². The molecule has 0 saturated heterocycles. The molecule has 0 aliphatic rings. The molecule has 0 heterocycles. The van der Waals surface area contributed by atoms with Gasteiger partial charge < -0.3 is 5.32 Å². The van der Waals surface area contributed by atoms with Crippen LogP contribution in [0.5, 0.6) is 0 Å². The summed E-state index contributed by atoms with van der Waals surface area (Å²) in [5.41, 5.74) is -0.721. The summed E-state index contributed by atoms with van der Waals surface area (Å²) in [6, 6.07) is 6.62. The minimum Gasteiger partial charge on any atom is -0.352 e. The van der Waals surface area contributed by atoms with Crippen molar-refractivity contribution in [1.29, 1.82) is 0 Å². The van der Waals surface area contributed by atoms with Gasteiger partial charge in [-0.15, -0.1) is 0 Å². The summed E-state index contributed by atoms with van der Waals surface area (Å²) in [7, 11) is -4.23. The van der Waals surface area contributed by atoms with E-state index in [9.17, 15) is 26.4 Å². The molecule has 29 heavy (non-hydrogen) atoms. The van der Waals surface area contributed by atoms with Crippen LogP contribution in [0.15, 0.2) is 41.3 Å². The summed E-state index contributed by atoms with van der Waals surface area (Å²) in [4.78, 5) is 12.1. The van der Waals surface area contributed by atoms with Crippen LogP contribution in [0.1, 0.15) is 35.3 Å². The van der Waals surface area contributed by atoms with Crippen molar-refractivity contribution in [1.82, 2.24) is 5.32 Å². The standard InChI is InChI=1S/C19H20ClF3N2O3S/c1-11(2)10-24-18(26)15-9-14(6-4-12(15)3)29(27,28)25-13-5-7-17(20)16(8-13)19(21,22)23/h4-9,11,25H,10H2,1-3H3,(H,24,26). The Hall–Kier alpha value is -2.26. The van der Waals surface area contributed by atoms with Gasteiger partial charge in [0.1, 0.15) is 0 Å². The minimum atomic E-state index is -4.73. The lowest BCUT2D eigenvalue weighted by atomic mass is 10.1. The quantitative estimate of drug-likeness (QED) is 0.663. The summed E-state index contributed by atoms with van der Waals surface area (Å²) in [5.74, 6) is -0.223. The van der Waals surface area contributed by atoms with E-state index in [0.717, 1.165) is 12.1 Å². The molecule has 0 atom stereocenters. The van der Waals surface area contributed by atoms with E-state index in [1.807, 2.05) is 13.8 Å². The third-order valence-electron chi connectivity index (χ3n) is 3.96. The van der Waals surface area contributed by atoms with Crippen LogP contribution in [0.25, 0.3) is 0 Å². The number of rotatable bonds is 6. The first-order valence-corrected chi connectivity index (χ1v) is 10.5. The van der Waals surface area contributed by atoms with Crippen LogP contribution in [0.3, 0.4) is 0 Å². The molecule has 2 aromatic carbocycles. The SMILES string of the molecule is Cc1ccc(S(=O)(=O)Nc2ccc(Cl)c(C(F)(F)F)c2)cc1C(=O)NCC(C)C. The van der Waals surface area contributed by atoms with Gasteiger partial charge in [0.25, 0.3) is 15.9 Å². The van der Waals surface area contributed by atoms with Crippen molar-refractivity contribution in [3.8, 4) is 0 Å². The highest BCUT2D eigenvalue weighted by molar-refractivity contribution is 7.92. The average Bonchev–Trinajstić information content (AvgIpc) is 2.60. The van der Waals surface area contributed by atoms with Crippen molar-refractivity contribution in [2.75, 3.05) is 11.3 Å². The van der Waals surface area contributed by atoms with Gasteiger partial charge in [-0.2, -0.15) is 13.2 Å². The lowest BCUT2D eigenvalue weighted by Gasteiger charge is -2.14. The molecular formula is C19H20ClF3N2O3S. The van der Waals surface area contributed by atoms with Gasteiger partial charge in [-0.3, -0.25) is 9.52 Å². The molecule has 1 amide bonds. The molecule has 0 fully saturated rings. The lowest BCUT2D eigenvalue weighted by molar-refractivity contribution is -0.137. The monoisotopic (exact) mass is 448 g/mol. The summed E-state index contributed by atoms with van der Waals surface area (Å²) in [5, 5.41) is 2.16. The van der Waals surface area contributed by atoms with E-state index in [-0.39, 0.29) is 22.1 Å².